The molecule has 0 saturated carbocycles. The van der Waals surface area contributed by atoms with Crippen LogP contribution in [-0.2, 0) is 11.3 Å². The summed E-state index contributed by atoms with van der Waals surface area (Å²) in [7, 11) is 2.14. The van der Waals surface area contributed by atoms with Gasteiger partial charge in [-0.15, -0.1) is 0 Å². The van der Waals surface area contributed by atoms with Crippen molar-refractivity contribution in [2.45, 2.75) is 19.0 Å². The standard InChI is InChI=1S/C20H27N5O/c1-24-9-11-25(12-10-24)19-13-16(7-8-22-19)15-23-20(26)14-18(21)17-5-3-2-4-6-17/h2-8,13,18H,9-12,14-15,21H2,1H3,(H,23,26). The Morgan fingerprint density at radius 2 is 1.92 bits per heavy atom. The van der Waals surface area contributed by atoms with Gasteiger partial charge in [0.1, 0.15) is 5.82 Å². The Morgan fingerprint density at radius 3 is 2.65 bits per heavy atom. The lowest BCUT2D eigenvalue weighted by atomic mass is 10.0. The zero-order valence-electron chi connectivity index (χ0n) is 15.3. The molecule has 3 rings (SSSR count). The molecular weight excluding hydrogens is 326 g/mol. The Hall–Kier alpha value is -2.44. The minimum absolute atomic E-state index is 0.0423. The van der Waals surface area contributed by atoms with Gasteiger partial charge in [0.15, 0.2) is 0 Å². The summed E-state index contributed by atoms with van der Waals surface area (Å²) in [5, 5.41) is 2.96. The molecule has 1 aromatic carbocycles. The lowest BCUT2D eigenvalue weighted by molar-refractivity contribution is -0.121. The smallest absolute Gasteiger partial charge is 0.222 e. The number of carbonyl (C=O) groups is 1. The number of likely N-dealkylation sites (N-methyl/N-ethyl adjacent to an activating group) is 1. The van der Waals surface area contributed by atoms with E-state index in [1.54, 1.807) is 0 Å². The van der Waals surface area contributed by atoms with Crippen LogP contribution in [0.4, 0.5) is 5.82 Å². The first-order valence-corrected chi connectivity index (χ1v) is 9.07. The van der Waals surface area contributed by atoms with Crippen molar-refractivity contribution in [2.75, 3.05) is 38.1 Å². The first-order valence-electron chi connectivity index (χ1n) is 9.07. The summed E-state index contributed by atoms with van der Waals surface area (Å²) in [6, 6.07) is 13.4. The van der Waals surface area contributed by atoms with Crippen molar-refractivity contribution in [3.05, 3.63) is 59.8 Å². The molecular formula is C20H27N5O. The van der Waals surface area contributed by atoms with Crippen molar-refractivity contribution in [3.8, 4) is 0 Å². The quantitative estimate of drug-likeness (QED) is 0.824. The molecule has 1 amide bonds. The van der Waals surface area contributed by atoms with Gasteiger partial charge in [-0.1, -0.05) is 30.3 Å². The average Bonchev–Trinajstić information content (AvgIpc) is 2.68. The molecule has 0 bridgehead atoms. The van der Waals surface area contributed by atoms with Crippen LogP contribution in [0.5, 0.6) is 0 Å². The van der Waals surface area contributed by atoms with E-state index in [0.717, 1.165) is 43.1 Å². The van der Waals surface area contributed by atoms with Gasteiger partial charge in [0.05, 0.1) is 0 Å². The van der Waals surface area contributed by atoms with Crippen LogP contribution in [-0.4, -0.2) is 49.0 Å². The van der Waals surface area contributed by atoms with Gasteiger partial charge in [0, 0.05) is 51.4 Å². The maximum Gasteiger partial charge on any atom is 0.222 e. The molecule has 1 aliphatic heterocycles. The molecule has 2 heterocycles. The van der Waals surface area contributed by atoms with Crippen LogP contribution in [0, 0.1) is 0 Å². The fourth-order valence-electron chi connectivity index (χ4n) is 3.07. The minimum atomic E-state index is -0.283. The number of benzene rings is 1. The molecule has 1 atom stereocenters. The minimum Gasteiger partial charge on any atom is -0.354 e. The van der Waals surface area contributed by atoms with Gasteiger partial charge in [-0.05, 0) is 30.3 Å². The van der Waals surface area contributed by atoms with Crippen molar-refractivity contribution < 1.29 is 4.79 Å². The summed E-state index contributed by atoms with van der Waals surface area (Å²) in [5.41, 5.74) is 8.14. The van der Waals surface area contributed by atoms with Crippen molar-refractivity contribution >= 4 is 11.7 Å². The van der Waals surface area contributed by atoms with Gasteiger partial charge < -0.3 is 20.9 Å². The highest BCUT2D eigenvalue weighted by Crippen LogP contribution is 2.16. The van der Waals surface area contributed by atoms with Gasteiger partial charge >= 0.3 is 0 Å². The monoisotopic (exact) mass is 353 g/mol. The Kier molecular flexibility index (Phi) is 6.20. The molecule has 0 aliphatic carbocycles. The van der Waals surface area contributed by atoms with Crippen molar-refractivity contribution in [1.82, 2.24) is 15.2 Å². The Labute approximate surface area is 155 Å². The van der Waals surface area contributed by atoms with Crippen LogP contribution >= 0.6 is 0 Å². The van der Waals surface area contributed by atoms with Crippen LogP contribution in [0.2, 0.25) is 0 Å². The molecule has 138 valence electrons. The number of anilines is 1. The van der Waals surface area contributed by atoms with E-state index >= 15 is 0 Å². The van der Waals surface area contributed by atoms with Gasteiger partial charge in [0.25, 0.3) is 0 Å². The Morgan fingerprint density at radius 1 is 1.19 bits per heavy atom. The van der Waals surface area contributed by atoms with Crippen molar-refractivity contribution in [3.63, 3.8) is 0 Å². The molecule has 1 aromatic heterocycles. The summed E-state index contributed by atoms with van der Waals surface area (Å²) < 4.78 is 0. The second kappa shape index (κ2) is 8.78. The molecule has 1 unspecified atom stereocenters. The van der Waals surface area contributed by atoms with E-state index in [4.69, 9.17) is 5.73 Å². The van der Waals surface area contributed by atoms with Gasteiger partial charge in [0.2, 0.25) is 5.91 Å². The number of nitrogens with one attached hydrogen (secondary N) is 1. The molecule has 1 saturated heterocycles. The predicted octanol–water partition coefficient (Wildman–Crippen LogP) is 1.54. The third kappa shape index (κ3) is 5.03. The van der Waals surface area contributed by atoms with E-state index in [0.29, 0.717) is 6.54 Å². The number of hydrogen-bond donors (Lipinski definition) is 2. The van der Waals surface area contributed by atoms with Crippen molar-refractivity contribution in [2.24, 2.45) is 5.73 Å². The largest absolute Gasteiger partial charge is 0.354 e. The van der Waals surface area contributed by atoms with Crippen LogP contribution in [0.15, 0.2) is 48.7 Å². The van der Waals surface area contributed by atoms with E-state index < -0.39 is 0 Å². The molecule has 1 fully saturated rings. The predicted molar refractivity (Wildman–Crippen MR) is 104 cm³/mol. The Balaban J connectivity index is 1.51. The number of piperazine rings is 1. The summed E-state index contributed by atoms with van der Waals surface area (Å²) in [6.45, 7) is 4.53. The molecule has 1 aliphatic rings. The lowest BCUT2D eigenvalue weighted by Gasteiger charge is -2.33. The number of nitrogens with zero attached hydrogens (tertiary/aromatic N) is 3. The molecule has 26 heavy (non-hydrogen) atoms. The summed E-state index contributed by atoms with van der Waals surface area (Å²) in [6.07, 6.45) is 2.09. The van der Waals surface area contributed by atoms with E-state index in [9.17, 15) is 4.79 Å². The second-order valence-corrected chi connectivity index (χ2v) is 6.81. The normalized spacial score (nSPS) is 16.3. The molecule has 2 aromatic rings. The number of carbonyl (C=O) groups excluding carboxylic acids is 1. The lowest BCUT2D eigenvalue weighted by Crippen LogP contribution is -2.44. The maximum atomic E-state index is 12.2. The second-order valence-electron chi connectivity index (χ2n) is 6.81. The zero-order chi connectivity index (χ0) is 18.4. The third-order valence-corrected chi connectivity index (χ3v) is 4.76. The highest BCUT2D eigenvalue weighted by atomic mass is 16.1. The molecule has 0 radical (unpaired) electrons. The first-order chi connectivity index (χ1) is 12.6. The van der Waals surface area contributed by atoms with Gasteiger partial charge in [-0.2, -0.15) is 0 Å². The summed E-state index contributed by atoms with van der Waals surface area (Å²) >= 11 is 0. The average molecular weight is 353 g/mol. The van der Waals surface area contributed by atoms with E-state index in [1.165, 1.54) is 0 Å². The van der Waals surface area contributed by atoms with E-state index in [2.05, 4.69) is 33.2 Å². The van der Waals surface area contributed by atoms with Gasteiger partial charge in [-0.25, -0.2) is 4.98 Å². The number of pyridine rings is 1. The maximum absolute atomic E-state index is 12.2. The Bertz CT molecular complexity index is 713. The van der Waals surface area contributed by atoms with E-state index in [1.807, 2.05) is 42.6 Å². The van der Waals surface area contributed by atoms with Crippen LogP contribution in [0.1, 0.15) is 23.6 Å². The SMILES string of the molecule is CN1CCN(c2cc(CNC(=O)CC(N)c3ccccc3)ccn2)CC1. The number of amides is 1. The first kappa shape index (κ1) is 18.4. The molecule has 6 heteroatoms. The number of hydrogen-bond acceptors (Lipinski definition) is 5. The zero-order valence-corrected chi connectivity index (χ0v) is 15.3. The van der Waals surface area contributed by atoms with E-state index in [-0.39, 0.29) is 18.4 Å². The highest BCUT2D eigenvalue weighted by Gasteiger charge is 2.16. The van der Waals surface area contributed by atoms with Crippen molar-refractivity contribution in [1.29, 1.82) is 0 Å². The van der Waals surface area contributed by atoms with Gasteiger partial charge in [-0.3, -0.25) is 4.79 Å². The molecule has 3 N–H and O–H groups in total. The fourth-order valence-corrected chi connectivity index (χ4v) is 3.07. The highest BCUT2D eigenvalue weighted by molar-refractivity contribution is 5.76. The molecule has 6 nitrogen and oxygen atoms in total. The molecule has 0 spiro atoms. The fraction of sp³-hybridized carbons (Fsp3) is 0.400. The van der Waals surface area contributed by atoms with Crippen LogP contribution in [0.25, 0.3) is 0 Å². The third-order valence-electron chi connectivity index (χ3n) is 4.76. The van der Waals surface area contributed by atoms with Crippen LogP contribution in [0.3, 0.4) is 0 Å². The number of nitrogens with two attached hydrogens (primary N) is 1. The number of aromatic nitrogens is 1. The topological polar surface area (TPSA) is 74.5 Å². The summed E-state index contributed by atoms with van der Waals surface area (Å²) in [4.78, 5) is 21.3. The summed E-state index contributed by atoms with van der Waals surface area (Å²) in [5.74, 6) is 0.935. The number of rotatable bonds is 6. The van der Waals surface area contributed by atoms with Crippen LogP contribution < -0.4 is 16.0 Å².